The van der Waals surface area contributed by atoms with Gasteiger partial charge in [-0.3, -0.25) is 4.79 Å². The molecule has 2 aromatic rings. The SMILES string of the molecule is COc1ccc(NC(=O)NCCN2Cc3ccccc3C2=O)cc1. The smallest absolute Gasteiger partial charge is 0.319 e. The van der Waals surface area contributed by atoms with Crippen LogP contribution in [0.3, 0.4) is 0 Å². The highest BCUT2D eigenvalue weighted by atomic mass is 16.5. The number of hydrogen-bond donors (Lipinski definition) is 2. The van der Waals surface area contributed by atoms with Crippen LogP contribution in [0.1, 0.15) is 15.9 Å². The van der Waals surface area contributed by atoms with Crippen molar-refractivity contribution >= 4 is 17.6 Å². The van der Waals surface area contributed by atoms with Gasteiger partial charge in [0, 0.05) is 30.9 Å². The van der Waals surface area contributed by atoms with Crippen molar-refractivity contribution in [3.8, 4) is 5.75 Å². The van der Waals surface area contributed by atoms with Gasteiger partial charge >= 0.3 is 6.03 Å². The lowest BCUT2D eigenvalue weighted by molar-refractivity contribution is 0.0780. The molecule has 0 atom stereocenters. The predicted molar refractivity (Wildman–Crippen MR) is 91.2 cm³/mol. The van der Waals surface area contributed by atoms with Gasteiger partial charge in [-0.1, -0.05) is 18.2 Å². The van der Waals surface area contributed by atoms with Crippen LogP contribution in [-0.4, -0.2) is 37.0 Å². The van der Waals surface area contributed by atoms with E-state index in [4.69, 9.17) is 4.74 Å². The molecule has 6 heteroatoms. The van der Waals surface area contributed by atoms with Crippen LogP contribution in [0, 0.1) is 0 Å². The van der Waals surface area contributed by atoms with Gasteiger partial charge in [-0.2, -0.15) is 0 Å². The Morgan fingerprint density at radius 2 is 1.92 bits per heavy atom. The fourth-order valence-electron chi connectivity index (χ4n) is 2.65. The molecule has 3 amide bonds. The summed E-state index contributed by atoms with van der Waals surface area (Å²) < 4.78 is 5.07. The molecule has 2 N–H and O–H groups in total. The molecular formula is C18H19N3O3. The van der Waals surface area contributed by atoms with Crippen LogP contribution in [0.15, 0.2) is 48.5 Å². The van der Waals surface area contributed by atoms with Gasteiger partial charge in [0.15, 0.2) is 0 Å². The van der Waals surface area contributed by atoms with Gasteiger partial charge in [-0.25, -0.2) is 4.79 Å². The quantitative estimate of drug-likeness (QED) is 0.887. The molecule has 1 aliphatic rings. The second-order valence-electron chi connectivity index (χ2n) is 5.49. The maximum Gasteiger partial charge on any atom is 0.319 e. The molecule has 0 saturated heterocycles. The van der Waals surface area contributed by atoms with Crippen molar-refractivity contribution in [2.45, 2.75) is 6.54 Å². The van der Waals surface area contributed by atoms with Crippen molar-refractivity contribution in [3.63, 3.8) is 0 Å². The molecule has 0 aromatic heterocycles. The van der Waals surface area contributed by atoms with E-state index in [-0.39, 0.29) is 11.9 Å². The molecule has 1 heterocycles. The number of ether oxygens (including phenoxy) is 1. The van der Waals surface area contributed by atoms with Crippen LogP contribution in [0.2, 0.25) is 0 Å². The zero-order valence-corrected chi connectivity index (χ0v) is 13.4. The number of fused-ring (bicyclic) bond motifs is 1. The number of amides is 3. The number of methoxy groups -OCH3 is 1. The highest BCUT2D eigenvalue weighted by Gasteiger charge is 2.26. The minimum absolute atomic E-state index is 0.0166. The van der Waals surface area contributed by atoms with Crippen LogP contribution >= 0.6 is 0 Å². The lowest BCUT2D eigenvalue weighted by Gasteiger charge is -2.16. The molecule has 2 aromatic carbocycles. The molecule has 0 aliphatic carbocycles. The maximum absolute atomic E-state index is 12.2. The Hall–Kier alpha value is -3.02. The molecule has 0 unspecified atom stereocenters. The van der Waals surface area contributed by atoms with Crippen molar-refractivity contribution in [1.82, 2.24) is 10.2 Å². The summed E-state index contributed by atoms with van der Waals surface area (Å²) in [5, 5.41) is 5.50. The first-order valence-corrected chi connectivity index (χ1v) is 7.73. The minimum atomic E-state index is -0.302. The van der Waals surface area contributed by atoms with E-state index in [2.05, 4.69) is 10.6 Å². The van der Waals surface area contributed by atoms with E-state index in [9.17, 15) is 9.59 Å². The topological polar surface area (TPSA) is 70.7 Å². The van der Waals surface area contributed by atoms with Crippen molar-refractivity contribution in [2.75, 3.05) is 25.5 Å². The lowest BCUT2D eigenvalue weighted by atomic mass is 10.1. The Morgan fingerprint density at radius 1 is 1.17 bits per heavy atom. The Labute approximate surface area is 140 Å². The summed E-state index contributed by atoms with van der Waals surface area (Å²) in [5.41, 5.74) is 2.46. The van der Waals surface area contributed by atoms with Crippen LogP contribution in [0.25, 0.3) is 0 Å². The number of rotatable bonds is 5. The Morgan fingerprint density at radius 3 is 2.62 bits per heavy atom. The van der Waals surface area contributed by atoms with E-state index in [0.29, 0.717) is 25.3 Å². The molecule has 3 rings (SSSR count). The first-order valence-electron chi connectivity index (χ1n) is 7.73. The van der Waals surface area contributed by atoms with Crippen LogP contribution in [0.5, 0.6) is 5.75 Å². The van der Waals surface area contributed by atoms with E-state index < -0.39 is 0 Å². The highest BCUT2D eigenvalue weighted by molar-refractivity contribution is 5.98. The van der Waals surface area contributed by atoms with E-state index in [0.717, 1.165) is 16.9 Å². The van der Waals surface area contributed by atoms with Crippen LogP contribution < -0.4 is 15.4 Å². The van der Waals surface area contributed by atoms with Crippen LogP contribution in [0.4, 0.5) is 10.5 Å². The molecule has 1 aliphatic heterocycles. The number of benzene rings is 2. The number of anilines is 1. The summed E-state index contributed by atoms with van der Waals surface area (Å²) in [6.07, 6.45) is 0. The average Bonchev–Trinajstić information content (AvgIpc) is 2.92. The number of hydrogen-bond acceptors (Lipinski definition) is 3. The molecule has 124 valence electrons. The lowest BCUT2D eigenvalue weighted by Crippen LogP contribution is -2.37. The number of nitrogens with zero attached hydrogens (tertiary/aromatic N) is 1. The van der Waals surface area contributed by atoms with Crippen molar-refractivity contribution in [1.29, 1.82) is 0 Å². The fraction of sp³-hybridized carbons (Fsp3) is 0.222. The van der Waals surface area contributed by atoms with E-state index in [1.807, 2.05) is 24.3 Å². The summed E-state index contributed by atoms with van der Waals surface area (Å²) in [6, 6.07) is 14.4. The first kappa shape index (κ1) is 15.9. The molecule has 0 fully saturated rings. The molecule has 0 bridgehead atoms. The summed E-state index contributed by atoms with van der Waals surface area (Å²) in [5.74, 6) is 0.746. The standard InChI is InChI=1S/C18H19N3O3/c1-24-15-8-6-14(7-9-15)20-18(23)19-10-11-21-12-13-4-2-3-5-16(13)17(21)22/h2-9H,10-12H2,1H3,(H2,19,20,23). The zero-order chi connectivity index (χ0) is 16.9. The maximum atomic E-state index is 12.2. The highest BCUT2D eigenvalue weighted by Crippen LogP contribution is 2.21. The Kier molecular flexibility index (Phi) is 4.65. The molecule has 6 nitrogen and oxygen atoms in total. The Balaban J connectivity index is 1.45. The third kappa shape index (κ3) is 3.48. The Bertz CT molecular complexity index is 743. The average molecular weight is 325 g/mol. The van der Waals surface area contributed by atoms with Gasteiger partial charge in [0.25, 0.3) is 5.91 Å². The summed E-state index contributed by atoms with van der Waals surface area (Å²) in [6.45, 7) is 1.46. The van der Waals surface area contributed by atoms with Gasteiger partial charge in [0.1, 0.15) is 5.75 Å². The fourth-order valence-corrected chi connectivity index (χ4v) is 2.65. The number of nitrogens with one attached hydrogen (secondary N) is 2. The summed E-state index contributed by atoms with van der Waals surface area (Å²) in [7, 11) is 1.59. The van der Waals surface area contributed by atoms with Crippen molar-refractivity contribution in [3.05, 3.63) is 59.7 Å². The van der Waals surface area contributed by atoms with Gasteiger partial charge in [-0.05, 0) is 35.9 Å². The van der Waals surface area contributed by atoms with Gasteiger partial charge < -0.3 is 20.3 Å². The normalized spacial score (nSPS) is 12.7. The number of urea groups is 1. The second-order valence-corrected chi connectivity index (χ2v) is 5.49. The third-order valence-corrected chi connectivity index (χ3v) is 3.91. The summed E-state index contributed by atoms with van der Waals surface area (Å²) >= 11 is 0. The minimum Gasteiger partial charge on any atom is -0.497 e. The van der Waals surface area contributed by atoms with E-state index in [1.165, 1.54) is 0 Å². The third-order valence-electron chi connectivity index (χ3n) is 3.91. The van der Waals surface area contributed by atoms with Gasteiger partial charge in [-0.15, -0.1) is 0 Å². The van der Waals surface area contributed by atoms with Gasteiger partial charge in [0.2, 0.25) is 0 Å². The number of carbonyl (C=O) groups excluding carboxylic acids is 2. The molecule has 0 radical (unpaired) electrons. The predicted octanol–water partition coefficient (Wildman–Crippen LogP) is 2.47. The molecule has 24 heavy (non-hydrogen) atoms. The summed E-state index contributed by atoms with van der Waals surface area (Å²) in [4.78, 5) is 25.8. The zero-order valence-electron chi connectivity index (χ0n) is 13.4. The molecule has 0 saturated carbocycles. The molecule has 0 spiro atoms. The number of carbonyl (C=O) groups is 2. The van der Waals surface area contributed by atoms with Gasteiger partial charge in [0.05, 0.1) is 7.11 Å². The largest absolute Gasteiger partial charge is 0.497 e. The van der Waals surface area contributed by atoms with E-state index >= 15 is 0 Å². The first-order chi connectivity index (χ1) is 11.7. The van der Waals surface area contributed by atoms with E-state index in [1.54, 1.807) is 36.3 Å². The van der Waals surface area contributed by atoms with Crippen molar-refractivity contribution < 1.29 is 14.3 Å². The molecular weight excluding hydrogens is 306 g/mol. The van der Waals surface area contributed by atoms with Crippen molar-refractivity contribution in [2.24, 2.45) is 0 Å². The van der Waals surface area contributed by atoms with Crippen LogP contribution in [-0.2, 0) is 6.54 Å². The monoisotopic (exact) mass is 325 g/mol. The second kappa shape index (κ2) is 7.04.